The van der Waals surface area contributed by atoms with Crippen molar-refractivity contribution in [2.45, 2.75) is 18.9 Å². The third-order valence-electron chi connectivity index (χ3n) is 3.42. The third-order valence-corrected chi connectivity index (χ3v) is 3.42. The van der Waals surface area contributed by atoms with Crippen LogP contribution in [-0.2, 0) is 4.74 Å². The van der Waals surface area contributed by atoms with Gasteiger partial charge < -0.3 is 15.4 Å². The summed E-state index contributed by atoms with van der Waals surface area (Å²) < 4.78 is 18.7. The van der Waals surface area contributed by atoms with Gasteiger partial charge in [0.15, 0.2) is 0 Å². The summed E-state index contributed by atoms with van der Waals surface area (Å²) in [4.78, 5) is 8.42. The second-order valence-corrected chi connectivity index (χ2v) is 5.15. The second-order valence-electron chi connectivity index (χ2n) is 5.15. The van der Waals surface area contributed by atoms with Crippen LogP contribution in [0.25, 0.3) is 0 Å². The smallest absolute Gasteiger partial charge is 0.229 e. The molecule has 3 rings (SSSR count). The van der Waals surface area contributed by atoms with Gasteiger partial charge in [-0.2, -0.15) is 4.98 Å². The fraction of sp³-hybridized carbons (Fsp3) is 0.333. The lowest BCUT2D eigenvalue weighted by molar-refractivity contribution is 0.120. The molecule has 1 unspecified atom stereocenters. The van der Waals surface area contributed by atoms with Crippen molar-refractivity contribution in [3.05, 3.63) is 36.3 Å². The van der Waals surface area contributed by atoms with Gasteiger partial charge in [0.25, 0.3) is 0 Å². The van der Waals surface area contributed by atoms with Crippen molar-refractivity contribution in [2.75, 3.05) is 23.8 Å². The Morgan fingerprint density at radius 1 is 1.41 bits per heavy atom. The number of halogens is 1. The molecule has 112 valence electrons. The summed E-state index contributed by atoms with van der Waals surface area (Å²) in [6.07, 6.45) is 3.82. The maximum Gasteiger partial charge on any atom is 0.229 e. The molecule has 0 spiro atoms. The van der Waals surface area contributed by atoms with Crippen LogP contribution in [0.4, 0.5) is 21.8 Å². The topological polar surface area (TPSA) is 59.1 Å². The minimum Gasteiger partial charge on any atom is -0.376 e. The van der Waals surface area contributed by atoms with Crippen molar-refractivity contribution < 1.29 is 9.13 Å². The summed E-state index contributed by atoms with van der Waals surface area (Å²) in [5, 5.41) is 6.13. The van der Waals surface area contributed by atoms with Crippen LogP contribution in [0.15, 0.2) is 30.5 Å². The summed E-state index contributed by atoms with van der Waals surface area (Å²) in [6, 6.07) is 6.11. The molecule has 0 bridgehead atoms. The zero-order valence-corrected chi connectivity index (χ0v) is 12.1. The van der Waals surface area contributed by atoms with E-state index in [1.807, 2.05) is 0 Å². The molecule has 1 fully saturated rings. The maximum absolute atomic E-state index is 13.2. The minimum atomic E-state index is -0.322. The van der Waals surface area contributed by atoms with Gasteiger partial charge in [-0.05, 0) is 36.5 Å². The molecule has 1 aromatic carbocycles. The van der Waals surface area contributed by atoms with E-state index in [2.05, 4.69) is 20.6 Å². The SMILES string of the molecule is [B]c1cnc(Nc2cccc(F)c2)nc1NCC1CCCO1. The van der Waals surface area contributed by atoms with E-state index in [4.69, 9.17) is 12.6 Å². The van der Waals surface area contributed by atoms with Gasteiger partial charge in [0.05, 0.1) is 6.10 Å². The van der Waals surface area contributed by atoms with E-state index in [-0.39, 0.29) is 11.9 Å². The number of nitrogens with zero attached hydrogens (tertiary/aromatic N) is 2. The molecule has 0 saturated carbocycles. The van der Waals surface area contributed by atoms with Crippen molar-refractivity contribution in [1.29, 1.82) is 0 Å². The van der Waals surface area contributed by atoms with Gasteiger partial charge in [0, 0.05) is 25.0 Å². The molecule has 1 aliphatic rings. The molecule has 22 heavy (non-hydrogen) atoms. The molecule has 5 nitrogen and oxygen atoms in total. The quantitative estimate of drug-likeness (QED) is 0.824. The molecular weight excluding hydrogens is 282 g/mol. The molecule has 2 aromatic rings. The van der Waals surface area contributed by atoms with Crippen molar-refractivity contribution in [1.82, 2.24) is 9.97 Å². The zero-order valence-electron chi connectivity index (χ0n) is 12.1. The minimum absolute atomic E-state index is 0.189. The maximum atomic E-state index is 13.2. The fourth-order valence-electron chi connectivity index (χ4n) is 2.30. The molecule has 7 heteroatoms. The zero-order chi connectivity index (χ0) is 15.4. The van der Waals surface area contributed by atoms with Crippen LogP contribution in [0.2, 0.25) is 0 Å². The predicted molar refractivity (Wildman–Crippen MR) is 84.6 cm³/mol. The van der Waals surface area contributed by atoms with Crippen LogP contribution in [0.5, 0.6) is 0 Å². The van der Waals surface area contributed by atoms with Gasteiger partial charge in [-0.3, -0.25) is 0 Å². The van der Waals surface area contributed by atoms with Crippen LogP contribution in [0.3, 0.4) is 0 Å². The van der Waals surface area contributed by atoms with Gasteiger partial charge in [-0.1, -0.05) is 6.07 Å². The summed E-state index contributed by atoms with van der Waals surface area (Å²) >= 11 is 0. The molecule has 0 aliphatic carbocycles. The van der Waals surface area contributed by atoms with Gasteiger partial charge in [0.2, 0.25) is 5.95 Å². The Morgan fingerprint density at radius 2 is 2.32 bits per heavy atom. The van der Waals surface area contributed by atoms with Crippen molar-refractivity contribution >= 4 is 30.8 Å². The normalized spacial score (nSPS) is 17.4. The molecule has 2 N–H and O–H groups in total. The fourth-order valence-corrected chi connectivity index (χ4v) is 2.30. The first kappa shape index (κ1) is 14.8. The largest absolute Gasteiger partial charge is 0.376 e. The summed E-state index contributed by atoms with van der Waals surface area (Å²) in [5.41, 5.74) is 1.04. The molecule has 0 amide bonds. The number of aromatic nitrogens is 2. The van der Waals surface area contributed by atoms with E-state index < -0.39 is 0 Å². The summed E-state index contributed by atoms with van der Waals surface area (Å²) in [6.45, 7) is 1.46. The number of benzene rings is 1. The Hall–Kier alpha value is -2.15. The Kier molecular flexibility index (Phi) is 4.53. The standard InChI is InChI=1S/C15H16BFN4O/c16-13-9-19-15(20-11-4-1-3-10(17)7-11)21-14(13)18-8-12-5-2-6-22-12/h1,3-4,7,9,12H,2,5-6,8H2,(H2,18,19,20,21). The van der Waals surface area contributed by atoms with E-state index in [0.29, 0.717) is 29.5 Å². The Morgan fingerprint density at radius 3 is 3.09 bits per heavy atom. The summed E-state index contributed by atoms with van der Waals surface area (Å²) in [7, 11) is 5.88. The van der Waals surface area contributed by atoms with E-state index in [1.54, 1.807) is 12.1 Å². The van der Waals surface area contributed by atoms with Crippen molar-refractivity contribution in [3.63, 3.8) is 0 Å². The molecule has 2 radical (unpaired) electrons. The average molecular weight is 298 g/mol. The van der Waals surface area contributed by atoms with E-state index in [1.165, 1.54) is 18.3 Å². The average Bonchev–Trinajstić information content (AvgIpc) is 3.01. The van der Waals surface area contributed by atoms with E-state index in [9.17, 15) is 4.39 Å². The van der Waals surface area contributed by atoms with E-state index >= 15 is 0 Å². The molecule has 1 aliphatic heterocycles. The first-order valence-corrected chi connectivity index (χ1v) is 7.21. The Bertz CT molecular complexity index is 649. The van der Waals surface area contributed by atoms with Crippen molar-refractivity contribution in [2.24, 2.45) is 0 Å². The highest BCUT2D eigenvalue weighted by atomic mass is 19.1. The second kappa shape index (κ2) is 6.74. The first-order chi connectivity index (χ1) is 10.7. The van der Waals surface area contributed by atoms with Gasteiger partial charge in [0.1, 0.15) is 19.5 Å². The number of nitrogens with one attached hydrogen (secondary N) is 2. The number of anilines is 3. The van der Waals surface area contributed by atoms with Crippen molar-refractivity contribution in [3.8, 4) is 0 Å². The number of hydrogen-bond donors (Lipinski definition) is 2. The highest BCUT2D eigenvalue weighted by Crippen LogP contribution is 2.15. The lowest BCUT2D eigenvalue weighted by Crippen LogP contribution is -2.24. The lowest BCUT2D eigenvalue weighted by Gasteiger charge is -2.14. The molecular formula is C15H16BFN4O. The molecule has 1 atom stereocenters. The first-order valence-electron chi connectivity index (χ1n) is 7.21. The highest BCUT2D eigenvalue weighted by molar-refractivity contribution is 6.35. The van der Waals surface area contributed by atoms with Gasteiger partial charge in [-0.15, -0.1) is 0 Å². The number of ether oxygens (including phenoxy) is 1. The molecule has 2 heterocycles. The highest BCUT2D eigenvalue weighted by Gasteiger charge is 2.15. The van der Waals surface area contributed by atoms with Crippen LogP contribution >= 0.6 is 0 Å². The monoisotopic (exact) mass is 298 g/mol. The van der Waals surface area contributed by atoms with Crippen LogP contribution < -0.4 is 16.1 Å². The molecule has 1 saturated heterocycles. The number of hydrogen-bond acceptors (Lipinski definition) is 5. The third kappa shape index (κ3) is 3.73. The Labute approximate surface area is 129 Å². The van der Waals surface area contributed by atoms with Crippen LogP contribution in [0.1, 0.15) is 12.8 Å². The van der Waals surface area contributed by atoms with Gasteiger partial charge >= 0.3 is 0 Å². The van der Waals surface area contributed by atoms with Gasteiger partial charge in [-0.25, -0.2) is 9.37 Å². The number of rotatable bonds is 5. The van der Waals surface area contributed by atoms with Crippen LogP contribution in [0, 0.1) is 5.82 Å². The summed E-state index contributed by atoms with van der Waals surface area (Å²) in [5.74, 6) is 0.580. The Balaban J connectivity index is 1.68. The van der Waals surface area contributed by atoms with Crippen LogP contribution in [-0.4, -0.2) is 37.1 Å². The predicted octanol–water partition coefficient (Wildman–Crippen LogP) is 1.74. The lowest BCUT2D eigenvalue weighted by atomic mass is 9.99. The van der Waals surface area contributed by atoms with E-state index in [0.717, 1.165) is 19.4 Å². The molecule has 1 aromatic heterocycles.